The third-order valence-electron chi connectivity index (χ3n) is 3.15. The second-order valence-corrected chi connectivity index (χ2v) is 5.17. The molecule has 4 heteroatoms. The summed E-state index contributed by atoms with van der Waals surface area (Å²) in [5, 5.41) is 3.43. The van der Waals surface area contributed by atoms with Crippen LogP contribution in [0.4, 0.5) is 5.69 Å². The number of hydrogen-bond acceptors (Lipinski definition) is 4. The largest absolute Gasteiger partial charge is 0.383 e. The van der Waals surface area contributed by atoms with Crippen molar-refractivity contribution in [3.8, 4) is 0 Å². The van der Waals surface area contributed by atoms with Crippen LogP contribution < -0.4 is 10.2 Å². The molecule has 1 aromatic carbocycles. The summed E-state index contributed by atoms with van der Waals surface area (Å²) in [6, 6.07) is 9.20. The fraction of sp³-hybridized carbons (Fsp3) is 0.625. The van der Waals surface area contributed by atoms with Gasteiger partial charge in [-0.25, -0.2) is 0 Å². The summed E-state index contributed by atoms with van der Waals surface area (Å²) in [4.78, 5) is 2.28. The Hall–Kier alpha value is -1.10. The van der Waals surface area contributed by atoms with Crippen molar-refractivity contribution in [1.29, 1.82) is 0 Å². The normalized spacial score (nSPS) is 11.1. The summed E-state index contributed by atoms with van der Waals surface area (Å²) in [7, 11) is 3.46. The van der Waals surface area contributed by atoms with Gasteiger partial charge in [0.25, 0.3) is 0 Å². The van der Waals surface area contributed by atoms with Crippen LogP contribution in [0.5, 0.6) is 0 Å². The molecule has 4 nitrogen and oxygen atoms in total. The Balaban J connectivity index is 2.61. The Morgan fingerprint density at radius 3 is 2.00 bits per heavy atom. The number of anilines is 1. The first-order chi connectivity index (χ1) is 9.67. The van der Waals surface area contributed by atoms with Gasteiger partial charge in [0.1, 0.15) is 0 Å². The average Bonchev–Trinajstić information content (AvgIpc) is 2.46. The molecule has 1 aromatic rings. The van der Waals surface area contributed by atoms with Gasteiger partial charge >= 0.3 is 0 Å². The van der Waals surface area contributed by atoms with Gasteiger partial charge in [0, 0.05) is 45.6 Å². The molecule has 0 aliphatic rings. The number of nitrogens with one attached hydrogen (secondary N) is 1. The Kier molecular flexibility index (Phi) is 8.26. The maximum Gasteiger partial charge on any atom is 0.0637 e. The van der Waals surface area contributed by atoms with E-state index in [-0.39, 0.29) is 0 Å². The summed E-state index contributed by atoms with van der Waals surface area (Å²) >= 11 is 0. The predicted octanol–water partition coefficient (Wildman–Crippen LogP) is 2.28. The van der Waals surface area contributed by atoms with E-state index in [1.54, 1.807) is 14.2 Å². The maximum atomic E-state index is 5.17. The molecule has 1 rings (SSSR count). The Morgan fingerprint density at radius 2 is 1.55 bits per heavy atom. The molecule has 20 heavy (non-hydrogen) atoms. The van der Waals surface area contributed by atoms with Gasteiger partial charge < -0.3 is 19.7 Å². The number of ether oxygens (including phenoxy) is 2. The van der Waals surface area contributed by atoms with E-state index in [0.29, 0.717) is 6.04 Å². The molecular weight excluding hydrogens is 252 g/mol. The van der Waals surface area contributed by atoms with E-state index in [1.807, 2.05) is 0 Å². The van der Waals surface area contributed by atoms with E-state index in [1.165, 1.54) is 11.3 Å². The molecule has 0 aliphatic carbocycles. The minimum Gasteiger partial charge on any atom is -0.383 e. The molecule has 0 aromatic heterocycles. The summed E-state index contributed by atoms with van der Waals surface area (Å²) < 4.78 is 10.3. The first kappa shape index (κ1) is 17.0. The molecule has 0 spiro atoms. The van der Waals surface area contributed by atoms with Crippen molar-refractivity contribution in [1.82, 2.24) is 5.32 Å². The lowest BCUT2D eigenvalue weighted by molar-refractivity contribution is 0.190. The number of nitrogens with zero attached hydrogens (tertiary/aromatic N) is 1. The minimum absolute atomic E-state index is 0.509. The fourth-order valence-corrected chi connectivity index (χ4v) is 1.92. The monoisotopic (exact) mass is 280 g/mol. The number of rotatable bonds is 10. The average molecular weight is 280 g/mol. The first-order valence-electron chi connectivity index (χ1n) is 7.22. The van der Waals surface area contributed by atoms with E-state index in [4.69, 9.17) is 9.47 Å². The van der Waals surface area contributed by atoms with Crippen LogP contribution in [-0.2, 0) is 16.0 Å². The standard InChI is InChI=1S/C16H28N2O2/c1-14(2)17-13-15-5-7-16(8-6-15)18(9-11-19-3)10-12-20-4/h5-8,14,17H,9-13H2,1-4H3. The zero-order chi connectivity index (χ0) is 14.8. The third-order valence-corrected chi connectivity index (χ3v) is 3.15. The highest BCUT2D eigenvalue weighted by atomic mass is 16.5. The predicted molar refractivity (Wildman–Crippen MR) is 84.4 cm³/mol. The zero-order valence-corrected chi connectivity index (χ0v) is 13.2. The van der Waals surface area contributed by atoms with E-state index in [2.05, 4.69) is 48.3 Å². The number of methoxy groups -OCH3 is 2. The van der Waals surface area contributed by atoms with Crippen LogP contribution in [0.3, 0.4) is 0 Å². The Bertz CT molecular complexity index is 344. The lowest BCUT2D eigenvalue weighted by atomic mass is 10.2. The highest BCUT2D eigenvalue weighted by Gasteiger charge is 2.06. The van der Waals surface area contributed by atoms with Gasteiger partial charge in [0.05, 0.1) is 13.2 Å². The topological polar surface area (TPSA) is 33.7 Å². The van der Waals surface area contributed by atoms with Crippen LogP contribution in [-0.4, -0.2) is 46.6 Å². The Labute approximate surface area is 123 Å². The summed E-state index contributed by atoms with van der Waals surface area (Å²) in [5.41, 5.74) is 2.52. The molecule has 0 atom stereocenters. The second kappa shape index (κ2) is 9.75. The molecule has 114 valence electrons. The van der Waals surface area contributed by atoms with Crippen molar-refractivity contribution in [3.05, 3.63) is 29.8 Å². The molecule has 0 aliphatic heterocycles. The highest BCUT2D eigenvalue weighted by molar-refractivity contribution is 5.47. The van der Waals surface area contributed by atoms with E-state index >= 15 is 0 Å². The van der Waals surface area contributed by atoms with Crippen LogP contribution in [0.25, 0.3) is 0 Å². The molecule has 0 unspecified atom stereocenters. The SMILES string of the molecule is COCCN(CCOC)c1ccc(CNC(C)C)cc1. The van der Waals surface area contributed by atoms with Crippen molar-refractivity contribution in [2.75, 3.05) is 45.4 Å². The molecule has 0 fully saturated rings. The molecule has 0 amide bonds. The minimum atomic E-state index is 0.509. The van der Waals surface area contributed by atoms with Gasteiger partial charge in [-0.2, -0.15) is 0 Å². The van der Waals surface area contributed by atoms with Crippen LogP contribution >= 0.6 is 0 Å². The van der Waals surface area contributed by atoms with Gasteiger partial charge in [-0.3, -0.25) is 0 Å². The molecule has 0 saturated heterocycles. The maximum absolute atomic E-state index is 5.17. The van der Waals surface area contributed by atoms with Crippen molar-refractivity contribution >= 4 is 5.69 Å². The molecule has 0 bridgehead atoms. The van der Waals surface area contributed by atoms with Crippen molar-refractivity contribution in [2.45, 2.75) is 26.4 Å². The highest BCUT2D eigenvalue weighted by Crippen LogP contribution is 2.15. The number of hydrogen-bond donors (Lipinski definition) is 1. The van der Waals surface area contributed by atoms with Crippen LogP contribution in [0.15, 0.2) is 24.3 Å². The lowest BCUT2D eigenvalue weighted by Crippen LogP contribution is -2.30. The second-order valence-electron chi connectivity index (χ2n) is 5.17. The van der Waals surface area contributed by atoms with Gasteiger partial charge in [-0.05, 0) is 17.7 Å². The van der Waals surface area contributed by atoms with Gasteiger partial charge in [-0.1, -0.05) is 26.0 Å². The Morgan fingerprint density at radius 1 is 1.00 bits per heavy atom. The lowest BCUT2D eigenvalue weighted by Gasteiger charge is -2.24. The molecule has 1 N–H and O–H groups in total. The van der Waals surface area contributed by atoms with E-state index in [9.17, 15) is 0 Å². The van der Waals surface area contributed by atoms with E-state index < -0.39 is 0 Å². The summed E-state index contributed by atoms with van der Waals surface area (Å²) in [6.45, 7) is 8.43. The van der Waals surface area contributed by atoms with Crippen LogP contribution in [0.2, 0.25) is 0 Å². The van der Waals surface area contributed by atoms with Gasteiger partial charge in [0.2, 0.25) is 0 Å². The first-order valence-corrected chi connectivity index (χ1v) is 7.22. The fourth-order valence-electron chi connectivity index (χ4n) is 1.92. The van der Waals surface area contributed by atoms with Crippen molar-refractivity contribution in [3.63, 3.8) is 0 Å². The third kappa shape index (κ3) is 6.37. The van der Waals surface area contributed by atoms with Crippen molar-refractivity contribution in [2.24, 2.45) is 0 Å². The molecule has 0 heterocycles. The quantitative estimate of drug-likeness (QED) is 0.713. The zero-order valence-electron chi connectivity index (χ0n) is 13.2. The van der Waals surface area contributed by atoms with Crippen molar-refractivity contribution < 1.29 is 9.47 Å². The van der Waals surface area contributed by atoms with Gasteiger partial charge in [0.15, 0.2) is 0 Å². The molecule has 0 radical (unpaired) electrons. The summed E-state index contributed by atoms with van der Waals surface area (Å²) in [5.74, 6) is 0. The van der Waals surface area contributed by atoms with Crippen LogP contribution in [0.1, 0.15) is 19.4 Å². The van der Waals surface area contributed by atoms with E-state index in [0.717, 1.165) is 32.8 Å². The molecule has 0 saturated carbocycles. The summed E-state index contributed by atoms with van der Waals surface area (Å²) in [6.07, 6.45) is 0. The molecular formula is C16H28N2O2. The van der Waals surface area contributed by atoms with Gasteiger partial charge in [-0.15, -0.1) is 0 Å². The number of benzene rings is 1. The van der Waals surface area contributed by atoms with Crippen LogP contribution in [0, 0.1) is 0 Å². The smallest absolute Gasteiger partial charge is 0.0637 e.